The summed E-state index contributed by atoms with van der Waals surface area (Å²) in [6.45, 7) is 3.68. The van der Waals surface area contributed by atoms with E-state index in [1.807, 2.05) is 36.4 Å². The summed E-state index contributed by atoms with van der Waals surface area (Å²) < 4.78 is 5.17. The van der Waals surface area contributed by atoms with E-state index in [0.29, 0.717) is 5.11 Å². The summed E-state index contributed by atoms with van der Waals surface area (Å²) in [5, 5.41) is 7.04. The van der Waals surface area contributed by atoms with Crippen LogP contribution in [-0.2, 0) is 0 Å². The highest BCUT2D eigenvalue weighted by Crippen LogP contribution is 2.17. The minimum atomic E-state index is 0.636. The molecule has 0 bridgehead atoms. The molecule has 2 N–H and O–H groups in total. The van der Waals surface area contributed by atoms with Crippen molar-refractivity contribution in [2.45, 2.75) is 6.92 Å². The number of rotatable bonds is 6. The Hall–Kier alpha value is -2.27. The molecular weight excluding hydrogens is 306 g/mol. The molecule has 0 amide bonds. The first kappa shape index (κ1) is 17.1. The maximum atomic E-state index is 5.31. The summed E-state index contributed by atoms with van der Waals surface area (Å²) in [5.41, 5.74) is 3.37. The molecule has 4 nitrogen and oxygen atoms in total. The lowest BCUT2D eigenvalue weighted by molar-refractivity contribution is 0.415. The highest BCUT2D eigenvalue weighted by molar-refractivity contribution is 7.80. The van der Waals surface area contributed by atoms with Crippen LogP contribution < -0.4 is 20.3 Å². The number of methoxy groups -OCH3 is 1. The number of nitrogens with zero attached hydrogens (tertiary/aromatic N) is 1. The fourth-order valence-electron chi connectivity index (χ4n) is 2.12. The lowest BCUT2D eigenvalue weighted by atomic mass is 10.2. The summed E-state index contributed by atoms with van der Waals surface area (Å²) in [7, 11) is 3.73. The van der Waals surface area contributed by atoms with Crippen molar-refractivity contribution in [2.75, 3.05) is 37.5 Å². The zero-order chi connectivity index (χ0) is 16.7. The Morgan fingerprint density at radius 2 is 1.74 bits per heavy atom. The third kappa shape index (κ3) is 5.45. The standard InChI is InChI=1S/C18H23N3OS/c1-14-4-6-15(7-5-14)20-18(23)19-12-13-21(2)16-8-10-17(22-3)11-9-16/h4-11H,12-13H2,1-3H3,(H2,19,20,23). The number of anilines is 2. The predicted octanol–water partition coefficient (Wildman–Crippen LogP) is 3.43. The Labute approximate surface area is 143 Å². The van der Waals surface area contributed by atoms with Crippen LogP contribution in [0.5, 0.6) is 5.75 Å². The molecule has 0 saturated carbocycles. The second-order valence-corrected chi connectivity index (χ2v) is 5.77. The maximum absolute atomic E-state index is 5.31. The second kappa shape index (κ2) is 8.39. The Morgan fingerprint density at radius 3 is 2.35 bits per heavy atom. The van der Waals surface area contributed by atoms with Gasteiger partial charge in [-0.25, -0.2) is 0 Å². The summed E-state index contributed by atoms with van der Waals surface area (Å²) in [6.07, 6.45) is 0. The topological polar surface area (TPSA) is 36.5 Å². The van der Waals surface area contributed by atoms with Gasteiger partial charge in [-0.15, -0.1) is 0 Å². The molecule has 2 rings (SSSR count). The molecule has 0 fully saturated rings. The molecule has 0 aliphatic heterocycles. The van der Waals surface area contributed by atoms with Gasteiger partial charge in [-0.2, -0.15) is 0 Å². The summed E-state index contributed by atoms with van der Waals surface area (Å²) in [4.78, 5) is 2.17. The number of ether oxygens (including phenoxy) is 1. The highest BCUT2D eigenvalue weighted by atomic mass is 32.1. The first-order valence-corrected chi connectivity index (χ1v) is 7.96. The lowest BCUT2D eigenvalue weighted by Crippen LogP contribution is -2.35. The van der Waals surface area contributed by atoms with Crippen molar-refractivity contribution < 1.29 is 4.74 Å². The van der Waals surface area contributed by atoms with E-state index in [1.165, 1.54) is 5.56 Å². The molecule has 122 valence electrons. The fraction of sp³-hybridized carbons (Fsp3) is 0.278. The summed E-state index contributed by atoms with van der Waals surface area (Å²) in [5.74, 6) is 0.865. The minimum Gasteiger partial charge on any atom is -0.497 e. The van der Waals surface area contributed by atoms with Crippen LogP contribution in [0.25, 0.3) is 0 Å². The predicted molar refractivity (Wildman–Crippen MR) is 102 cm³/mol. The van der Waals surface area contributed by atoms with Crippen LogP contribution in [0.1, 0.15) is 5.56 Å². The van der Waals surface area contributed by atoms with E-state index in [-0.39, 0.29) is 0 Å². The van der Waals surface area contributed by atoms with Gasteiger partial charge in [-0.1, -0.05) is 17.7 Å². The van der Waals surface area contributed by atoms with Crippen LogP contribution in [0, 0.1) is 6.92 Å². The van der Waals surface area contributed by atoms with Gasteiger partial charge in [0.25, 0.3) is 0 Å². The Morgan fingerprint density at radius 1 is 1.09 bits per heavy atom. The van der Waals surface area contributed by atoms with E-state index in [4.69, 9.17) is 17.0 Å². The Kier molecular flexibility index (Phi) is 6.23. The molecule has 0 aliphatic rings. The van der Waals surface area contributed by atoms with Crippen LogP contribution in [0.15, 0.2) is 48.5 Å². The van der Waals surface area contributed by atoms with Crippen molar-refractivity contribution in [3.8, 4) is 5.75 Å². The molecule has 2 aromatic carbocycles. The van der Waals surface area contributed by atoms with Crippen molar-refractivity contribution in [2.24, 2.45) is 0 Å². The number of nitrogens with one attached hydrogen (secondary N) is 2. The number of aryl methyl sites for hydroxylation is 1. The van der Waals surface area contributed by atoms with Crippen molar-refractivity contribution in [3.63, 3.8) is 0 Å². The maximum Gasteiger partial charge on any atom is 0.170 e. The normalized spacial score (nSPS) is 10.0. The minimum absolute atomic E-state index is 0.636. The molecule has 0 aromatic heterocycles. The monoisotopic (exact) mass is 329 g/mol. The van der Waals surface area contributed by atoms with Gasteiger partial charge in [0.1, 0.15) is 5.75 Å². The van der Waals surface area contributed by atoms with Crippen molar-refractivity contribution in [1.82, 2.24) is 5.32 Å². The Balaban J connectivity index is 1.74. The van der Waals surface area contributed by atoms with Gasteiger partial charge in [0.2, 0.25) is 0 Å². The number of thiocarbonyl (C=S) groups is 1. The Bertz CT molecular complexity index is 626. The zero-order valence-corrected chi connectivity index (χ0v) is 14.6. The molecular formula is C18H23N3OS. The van der Waals surface area contributed by atoms with Crippen LogP contribution >= 0.6 is 12.2 Å². The average molecular weight is 329 g/mol. The second-order valence-electron chi connectivity index (χ2n) is 5.37. The average Bonchev–Trinajstić information content (AvgIpc) is 2.57. The summed E-state index contributed by atoms with van der Waals surface area (Å²) >= 11 is 5.31. The highest BCUT2D eigenvalue weighted by Gasteiger charge is 2.02. The fourth-order valence-corrected chi connectivity index (χ4v) is 2.34. The molecule has 0 spiro atoms. The molecule has 5 heteroatoms. The molecule has 0 saturated heterocycles. The van der Waals surface area contributed by atoms with Gasteiger partial charge in [-0.05, 0) is 55.5 Å². The van der Waals surface area contributed by atoms with E-state index >= 15 is 0 Å². The zero-order valence-electron chi connectivity index (χ0n) is 13.8. The third-order valence-corrected chi connectivity index (χ3v) is 3.80. The largest absolute Gasteiger partial charge is 0.497 e. The molecule has 0 radical (unpaired) electrons. The summed E-state index contributed by atoms with van der Waals surface area (Å²) in [6, 6.07) is 16.2. The molecule has 23 heavy (non-hydrogen) atoms. The van der Waals surface area contributed by atoms with Gasteiger partial charge in [0.15, 0.2) is 5.11 Å². The van der Waals surface area contributed by atoms with Crippen molar-refractivity contribution in [1.29, 1.82) is 0 Å². The molecule has 2 aromatic rings. The molecule has 0 atom stereocenters. The van der Waals surface area contributed by atoms with E-state index in [9.17, 15) is 0 Å². The van der Waals surface area contributed by atoms with Crippen molar-refractivity contribution >= 4 is 28.7 Å². The van der Waals surface area contributed by atoms with Crippen LogP contribution in [-0.4, -0.2) is 32.4 Å². The number of hydrogen-bond donors (Lipinski definition) is 2. The van der Waals surface area contributed by atoms with E-state index in [2.05, 4.69) is 41.6 Å². The van der Waals surface area contributed by atoms with E-state index in [0.717, 1.165) is 30.2 Å². The van der Waals surface area contributed by atoms with Crippen molar-refractivity contribution in [3.05, 3.63) is 54.1 Å². The van der Waals surface area contributed by atoms with E-state index in [1.54, 1.807) is 7.11 Å². The van der Waals surface area contributed by atoms with Crippen LogP contribution in [0.2, 0.25) is 0 Å². The van der Waals surface area contributed by atoms with Gasteiger partial charge < -0.3 is 20.3 Å². The number of hydrogen-bond acceptors (Lipinski definition) is 3. The van der Waals surface area contributed by atoms with E-state index < -0.39 is 0 Å². The molecule has 0 heterocycles. The third-order valence-electron chi connectivity index (χ3n) is 3.56. The smallest absolute Gasteiger partial charge is 0.170 e. The molecule has 0 aliphatic carbocycles. The van der Waals surface area contributed by atoms with Gasteiger partial charge >= 0.3 is 0 Å². The molecule has 0 unspecified atom stereocenters. The van der Waals surface area contributed by atoms with Gasteiger partial charge in [0.05, 0.1) is 7.11 Å². The van der Waals surface area contributed by atoms with Gasteiger partial charge in [-0.3, -0.25) is 0 Å². The SMILES string of the molecule is COc1ccc(N(C)CCNC(=S)Nc2ccc(C)cc2)cc1. The van der Waals surface area contributed by atoms with Crippen LogP contribution in [0.4, 0.5) is 11.4 Å². The quantitative estimate of drug-likeness (QED) is 0.794. The van der Waals surface area contributed by atoms with Gasteiger partial charge in [0, 0.05) is 31.5 Å². The first-order valence-electron chi connectivity index (χ1n) is 7.55. The number of likely N-dealkylation sites (N-methyl/N-ethyl adjacent to an activating group) is 1. The van der Waals surface area contributed by atoms with Crippen LogP contribution in [0.3, 0.4) is 0 Å². The number of benzene rings is 2. The lowest BCUT2D eigenvalue weighted by Gasteiger charge is -2.20. The first-order chi connectivity index (χ1) is 11.1.